The normalized spacial score (nSPS) is 10.3. The zero-order valence-electron chi connectivity index (χ0n) is 13.4. The summed E-state index contributed by atoms with van der Waals surface area (Å²) in [5.74, 6) is 2.57. The molecule has 0 spiro atoms. The Bertz CT molecular complexity index is 599. The Morgan fingerprint density at radius 2 is 1.59 bits per heavy atom. The number of ether oxygens (including phenoxy) is 3. The molecule has 2 aromatic carbocycles. The summed E-state index contributed by atoms with van der Waals surface area (Å²) in [6.45, 7) is 1.62. The lowest BCUT2D eigenvalue weighted by molar-refractivity contribution is 0.389. The molecule has 0 radical (unpaired) electrons. The van der Waals surface area contributed by atoms with Gasteiger partial charge in [-0.1, -0.05) is 24.3 Å². The maximum atomic E-state index is 5.40. The van der Waals surface area contributed by atoms with E-state index in [0.29, 0.717) is 0 Å². The summed E-state index contributed by atoms with van der Waals surface area (Å²) in [5.41, 5.74) is 2.32. The smallest absolute Gasteiger partial charge is 0.127 e. The second-order valence-corrected chi connectivity index (χ2v) is 4.92. The van der Waals surface area contributed by atoms with Gasteiger partial charge in [-0.05, 0) is 30.7 Å². The molecule has 0 aliphatic rings. The fraction of sp³-hybridized carbons (Fsp3) is 0.333. The lowest BCUT2D eigenvalue weighted by atomic mass is 10.1. The van der Waals surface area contributed by atoms with Crippen LogP contribution in [0.1, 0.15) is 11.1 Å². The number of para-hydroxylation sites is 1. The molecule has 0 atom stereocenters. The molecule has 2 aromatic rings. The van der Waals surface area contributed by atoms with Crippen LogP contribution in [0.25, 0.3) is 0 Å². The average Bonchev–Trinajstić information content (AvgIpc) is 2.59. The van der Waals surface area contributed by atoms with E-state index in [-0.39, 0.29) is 0 Å². The van der Waals surface area contributed by atoms with E-state index in [1.165, 1.54) is 5.56 Å². The third kappa shape index (κ3) is 4.15. The minimum absolute atomic E-state index is 0.752. The minimum atomic E-state index is 0.752. The van der Waals surface area contributed by atoms with Crippen molar-refractivity contribution in [2.24, 2.45) is 0 Å². The zero-order chi connectivity index (χ0) is 15.8. The van der Waals surface area contributed by atoms with Gasteiger partial charge < -0.3 is 19.5 Å². The Morgan fingerprint density at radius 1 is 0.818 bits per heavy atom. The Labute approximate surface area is 132 Å². The third-order valence-electron chi connectivity index (χ3n) is 3.57. The molecule has 0 aliphatic carbocycles. The molecular weight excluding hydrogens is 278 g/mol. The van der Waals surface area contributed by atoms with Gasteiger partial charge in [-0.2, -0.15) is 0 Å². The van der Waals surface area contributed by atoms with Gasteiger partial charge in [0, 0.05) is 18.2 Å². The molecule has 1 N–H and O–H groups in total. The topological polar surface area (TPSA) is 39.7 Å². The Hall–Kier alpha value is -2.20. The van der Waals surface area contributed by atoms with Crippen LogP contribution >= 0.6 is 0 Å². The van der Waals surface area contributed by atoms with Crippen LogP contribution in [-0.2, 0) is 13.0 Å². The van der Waals surface area contributed by atoms with Crippen molar-refractivity contribution < 1.29 is 14.2 Å². The highest BCUT2D eigenvalue weighted by Gasteiger charge is 2.05. The molecule has 0 fully saturated rings. The largest absolute Gasteiger partial charge is 0.497 e. The van der Waals surface area contributed by atoms with Gasteiger partial charge in [0.25, 0.3) is 0 Å². The van der Waals surface area contributed by atoms with Crippen molar-refractivity contribution >= 4 is 0 Å². The summed E-state index contributed by atoms with van der Waals surface area (Å²) in [7, 11) is 5.03. The van der Waals surface area contributed by atoms with E-state index in [1.807, 2.05) is 36.4 Å². The second kappa shape index (κ2) is 8.29. The minimum Gasteiger partial charge on any atom is -0.497 e. The molecule has 22 heavy (non-hydrogen) atoms. The first-order valence-corrected chi connectivity index (χ1v) is 7.32. The van der Waals surface area contributed by atoms with Crippen molar-refractivity contribution in [2.45, 2.75) is 13.0 Å². The predicted molar refractivity (Wildman–Crippen MR) is 88.0 cm³/mol. The van der Waals surface area contributed by atoms with Gasteiger partial charge in [0.2, 0.25) is 0 Å². The SMILES string of the molecule is COc1ccc(CNCCc2ccccc2OC)c(OC)c1. The molecule has 0 amide bonds. The summed E-state index contributed by atoms with van der Waals surface area (Å²) in [5, 5.41) is 3.44. The third-order valence-corrected chi connectivity index (χ3v) is 3.57. The Balaban J connectivity index is 1.89. The number of methoxy groups -OCH3 is 3. The van der Waals surface area contributed by atoms with Gasteiger partial charge in [0.05, 0.1) is 21.3 Å². The number of hydrogen-bond donors (Lipinski definition) is 1. The van der Waals surface area contributed by atoms with Gasteiger partial charge in [0.1, 0.15) is 17.2 Å². The van der Waals surface area contributed by atoms with E-state index in [2.05, 4.69) is 11.4 Å². The van der Waals surface area contributed by atoms with Crippen LogP contribution in [0.5, 0.6) is 17.2 Å². The first-order valence-electron chi connectivity index (χ1n) is 7.32. The lowest BCUT2D eigenvalue weighted by Crippen LogP contribution is -2.17. The quantitative estimate of drug-likeness (QED) is 0.761. The zero-order valence-corrected chi connectivity index (χ0v) is 13.4. The number of benzene rings is 2. The van der Waals surface area contributed by atoms with Crippen molar-refractivity contribution in [3.8, 4) is 17.2 Å². The average molecular weight is 301 g/mol. The molecule has 118 valence electrons. The molecule has 0 bridgehead atoms. The molecule has 0 saturated heterocycles. The van der Waals surface area contributed by atoms with E-state index >= 15 is 0 Å². The van der Waals surface area contributed by atoms with Crippen LogP contribution in [0.2, 0.25) is 0 Å². The van der Waals surface area contributed by atoms with Crippen molar-refractivity contribution in [1.82, 2.24) is 5.32 Å². The molecule has 0 aromatic heterocycles. The number of hydrogen-bond acceptors (Lipinski definition) is 4. The van der Waals surface area contributed by atoms with Gasteiger partial charge >= 0.3 is 0 Å². The van der Waals surface area contributed by atoms with Crippen LogP contribution in [-0.4, -0.2) is 27.9 Å². The Kier molecular flexibility index (Phi) is 6.10. The fourth-order valence-electron chi connectivity index (χ4n) is 2.35. The summed E-state index contributed by atoms with van der Waals surface area (Å²) < 4.78 is 16.0. The highest BCUT2D eigenvalue weighted by atomic mass is 16.5. The highest BCUT2D eigenvalue weighted by molar-refractivity contribution is 5.40. The molecular formula is C18H23NO3. The standard InChI is InChI=1S/C18H23NO3/c1-20-16-9-8-15(18(12-16)22-3)13-19-11-10-14-6-4-5-7-17(14)21-2/h4-9,12,19H,10-11,13H2,1-3H3. The number of nitrogens with one attached hydrogen (secondary N) is 1. The molecule has 2 rings (SSSR count). The fourth-order valence-corrected chi connectivity index (χ4v) is 2.35. The van der Waals surface area contributed by atoms with Gasteiger partial charge in [-0.3, -0.25) is 0 Å². The first-order chi connectivity index (χ1) is 10.8. The number of rotatable bonds is 8. The van der Waals surface area contributed by atoms with E-state index in [1.54, 1.807) is 21.3 Å². The summed E-state index contributed by atoms with van der Waals surface area (Å²) in [6.07, 6.45) is 0.919. The van der Waals surface area contributed by atoms with Crippen molar-refractivity contribution in [3.63, 3.8) is 0 Å². The van der Waals surface area contributed by atoms with Crippen LogP contribution < -0.4 is 19.5 Å². The van der Waals surface area contributed by atoms with Crippen molar-refractivity contribution in [1.29, 1.82) is 0 Å². The molecule has 4 nitrogen and oxygen atoms in total. The van der Waals surface area contributed by atoms with E-state index < -0.39 is 0 Å². The molecule has 0 aliphatic heterocycles. The van der Waals surface area contributed by atoms with Crippen LogP contribution in [0.15, 0.2) is 42.5 Å². The lowest BCUT2D eigenvalue weighted by Gasteiger charge is -2.12. The van der Waals surface area contributed by atoms with E-state index in [9.17, 15) is 0 Å². The van der Waals surface area contributed by atoms with Crippen molar-refractivity contribution in [3.05, 3.63) is 53.6 Å². The van der Waals surface area contributed by atoms with Crippen LogP contribution in [0, 0.1) is 0 Å². The van der Waals surface area contributed by atoms with Gasteiger partial charge in [0.15, 0.2) is 0 Å². The van der Waals surface area contributed by atoms with Gasteiger partial charge in [-0.15, -0.1) is 0 Å². The maximum Gasteiger partial charge on any atom is 0.127 e. The van der Waals surface area contributed by atoms with Crippen LogP contribution in [0.4, 0.5) is 0 Å². The van der Waals surface area contributed by atoms with E-state index in [0.717, 1.165) is 42.3 Å². The summed E-state index contributed by atoms with van der Waals surface area (Å²) >= 11 is 0. The van der Waals surface area contributed by atoms with Crippen molar-refractivity contribution in [2.75, 3.05) is 27.9 Å². The van der Waals surface area contributed by atoms with Gasteiger partial charge in [-0.25, -0.2) is 0 Å². The molecule has 0 saturated carbocycles. The predicted octanol–water partition coefficient (Wildman–Crippen LogP) is 3.04. The van der Waals surface area contributed by atoms with E-state index in [4.69, 9.17) is 14.2 Å². The Morgan fingerprint density at radius 3 is 2.32 bits per heavy atom. The first kappa shape index (κ1) is 16.2. The maximum absolute atomic E-state index is 5.40. The molecule has 0 unspecified atom stereocenters. The summed E-state index contributed by atoms with van der Waals surface area (Å²) in [4.78, 5) is 0. The molecule has 0 heterocycles. The summed E-state index contributed by atoms with van der Waals surface area (Å²) in [6, 6.07) is 14.0. The monoisotopic (exact) mass is 301 g/mol. The molecule has 4 heteroatoms. The highest BCUT2D eigenvalue weighted by Crippen LogP contribution is 2.24. The van der Waals surface area contributed by atoms with Crippen LogP contribution in [0.3, 0.4) is 0 Å². The second-order valence-electron chi connectivity index (χ2n) is 4.92.